The lowest BCUT2D eigenvalue weighted by molar-refractivity contribution is 0.0951. The number of rotatable bonds is 22. The van der Waals surface area contributed by atoms with Crippen LogP contribution in [0, 0.1) is 0 Å². The highest BCUT2D eigenvalue weighted by atomic mass is 16.5. The van der Waals surface area contributed by atoms with Gasteiger partial charge in [-0.05, 0) is 48.2 Å². The number of nitrogens with one attached hydrogen (secondary N) is 1. The molecule has 6 heteroatoms. The van der Waals surface area contributed by atoms with Gasteiger partial charge in [-0.2, -0.15) is 0 Å². The minimum atomic E-state index is -0.152. The molecule has 46 heavy (non-hydrogen) atoms. The van der Waals surface area contributed by atoms with Crippen molar-refractivity contribution in [2.75, 3.05) is 13.1 Å². The Balaban J connectivity index is 1.41. The maximum atomic E-state index is 13.4. The van der Waals surface area contributed by atoms with Crippen molar-refractivity contribution in [1.29, 1.82) is 0 Å². The molecule has 0 fully saturated rings. The van der Waals surface area contributed by atoms with E-state index in [2.05, 4.69) is 5.32 Å². The summed E-state index contributed by atoms with van der Waals surface area (Å²) in [6.07, 6.45) is 12.1. The highest BCUT2D eigenvalue weighted by molar-refractivity contribution is 5.95. The third kappa shape index (κ3) is 12.6. The average Bonchev–Trinajstić information content (AvgIpc) is 3.10. The molecule has 0 atom stereocenters. The lowest BCUT2D eigenvalue weighted by Gasteiger charge is -2.19. The second-order valence-electron chi connectivity index (χ2n) is 11.7. The third-order valence-electron chi connectivity index (χ3n) is 7.90. The van der Waals surface area contributed by atoms with E-state index in [4.69, 9.17) is 19.9 Å². The molecule has 0 saturated carbocycles. The predicted molar refractivity (Wildman–Crippen MR) is 186 cm³/mol. The van der Waals surface area contributed by atoms with E-state index in [1.165, 1.54) is 44.9 Å². The van der Waals surface area contributed by atoms with Crippen molar-refractivity contribution in [3.05, 3.63) is 125 Å². The first-order valence-corrected chi connectivity index (χ1v) is 16.9. The predicted octanol–water partition coefficient (Wildman–Crippen LogP) is 9.01. The van der Waals surface area contributed by atoms with E-state index in [0.717, 1.165) is 42.5 Å². The summed E-state index contributed by atoms with van der Waals surface area (Å²) in [6.45, 7) is 2.44. The van der Waals surface area contributed by atoms with Crippen LogP contribution in [0.15, 0.2) is 103 Å². The van der Waals surface area contributed by atoms with E-state index in [0.29, 0.717) is 49.2 Å². The van der Waals surface area contributed by atoms with Gasteiger partial charge >= 0.3 is 0 Å². The van der Waals surface area contributed by atoms with Crippen molar-refractivity contribution in [2.24, 2.45) is 5.73 Å². The number of nitrogens with two attached hydrogens (primary N) is 1. The molecule has 0 unspecified atom stereocenters. The van der Waals surface area contributed by atoms with Gasteiger partial charge in [0, 0.05) is 12.1 Å². The first-order valence-electron chi connectivity index (χ1n) is 16.9. The Hall–Kier alpha value is -4.29. The summed E-state index contributed by atoms with van der Waals surface area (Å²) < 4.78 is 19.0. The Bertz CT molecular complexity index is 1330. The first-order chi connectivity index (χ1) is 22.7. The van der Waals surface area contributed by atoms with Crippen LogP contribution >= 0.6 is 0 Å². The molecule has 0 spiro atoms. The number of benzene rings is 4. The maximum absolute atomic E-state index is 13.4. The van der Waals surface area contributed by atoms with E-state index in [9.17, 15) is 4.79 Å². The van der Waals surface area contributed by atoms with E-state index in [-0.39, 0.29) is 5.91 Å². The molecule has 3 N–H and O–H groups in total. The number of unbranched alkanes of at least 4 members (excludes halogenated alkanes) is 9. The zero-order valence-corrected chi connectivity index (χ0v) is 27.1. The molecule has 4 aromatic carbocycles. The molecule has 0 bridgehead atoms. The van der Waals surface area contributed by atoms with Gasteiger partial charge in [-0.25, -0.2) is 0 Å². The Morgan fingerprint density at radius 1 is 0.522 bits per heavy atom. The molecule has 4 aromatic rings. The SMILES string of the molecule is NCCCCCCCCCCCCNC(=O)c1cc(OCc2ccccc2)c(OCc2ccccc2)c(OCc2ccccc2)c1. The molecule has 1 amide bonds. The zero-order chi connectivity index (χ0) is 32.1. The quantitative estimate of drug-likeness (QED) is 0.0855. The molecule has 0 aliphatic heterocycles. The fourth-order valence-electron chi connectivity index (χ4n) is 5.25. The van der Waals surface area contributed by atoms with Crippen LogP contribution in [0.4, 0.5) is 0 Å². The van der Waals surface area contributed by atoms with Crippen LogP contribution < -0.4 is 25.3 Å². The van der Waals surface area contributed by atoms with Gasteiger partial charge in [0.2, 0.25) is 5.75 Å². The number of carbonyl (C=O) groups is 1. The normalized spacial score (nSPS) is 10.8. The fourth-order valence-corrected chi connectivity index (χ4v) is 5.25. The van der Waals surface area contributed by atoms with Gasteiger partial charge in [0.25, 0.3) is 5.91 Å². The largest absolute Gasteiger partial charge is 0.485 e. The van der Waals surface area contributed by atoms with E-state index < -0.39 is 0 Å². The van der Waals surface area contributed by atoms with Crippen LogP contribution in [0.3, 0.4) is 0 Å². The van der Waals surface area contributed by atoms with E-state index >= 15 is 0 Å². The minimum absolute atomic E-state index is 0.152. The molecule has 0 radical (unpaired) electrons. The second kappa shape index (κ2) is 20.7. The van der Waals surface area contributed by atoms with Crippen molar-refractivity contribution in [3.8, 4) is 17.2 Å². The molecule has 0 aliphatic rings. The van der Waals surface area contributed by atoms with Crippen LogP contribution in [0.25, 0.3) is 0 Å². The molecule has 244 valence electrons. The van der Waals surface area contributed by atoms with Crippen LogP contribution in [-0.2, 0) is 19.8 Å². The number of ether oxygens (including phenoxy) is 3. The molecule has 4 rings (SSSR count). The molecule has 0 heterocycles. The van der Waals surface area contributed by atoms with Crippen molar-refractivity contribution < 1.29 is 19.0 Å². The molecule has 0 saturated heterocycles. The van der Waals surface area contributed by atoms with Crippen LogP contribution in [0.5, 0.6) is 17.2 Å². The van der Waals surface area contributed by atoms with Gasteiger partial charge < -0.3 is 25.3 Å². The van der Waals surface area contributed by atoms with Crippen molar-refractivity contribution in [3.63, 3.8) is 0 Å². The maximum Gasteiger partial charge on any atom is 0.251 e. The van der Waals surface area contributed by atoms with Gasteiger partial charge in [-0.1, -0.05) is 142 Å². The summed E-state index contributed by atoms with van der Waals surface area (Å²) in [5, 5.41) is 3.11. The summed E-state index contributed by atoms with van der Waals surface area (Å²) in [5.74, 6) is 1.27. The highest BCUT2D eigenvalue weighted by Gasteiger charge is 2.20. The monoisotopic (exact) mass is 622 g/mol. The highest BCUT2D eigenvalue weighted by Crippen LogP contribution is 2.40. The third-order valence-corrected chi connectivity index (χ3v) is 7.90. The summed E-state index contributed by atoms with van der Waals surface area (Å²) in [6, 6.07) is 33.4. The molecule has 0 aliphatic carbocycles. The lowest BCUT2D eigenvalue weighted by Crippen LogP contribution is -2.24. The summed E-state index contributed by atoms with van der Waals surface area (Å²) in [4.78, 5) is 13.4. The van der Waals surface area contributed by atoms with Crippen molar-refractivity contribution in [1.82, 2.24) is 5.32 Å². The van der Waals surface area contributed by atoms with Gasteiger partial charge in [0.15, 0.2) is 11.5 Å². The van der Waals surface area contributed by atoms with Crippen molar-refractivity contribution >= 4 is 5.91 Å². The summed E-state index contributed by atoms with van der Waals surface area (Å²) in [5.41, 5.74) is 9.11. The van der Waals surface area contributed by atoms with Gasteiger partial charge in [0.05, 0.1) is 0 Å². The molecular weight excluding hydrogens is 572 g/mol. The number of hydrogen-bond acceptors (Lipinski definition) is 5. The second-order valence-corrected chi connectivity index (χ2v) is 11.7. The lowest BCUT2D eigenvalue weighted by atomic mass is 10.1. The van der Waals surface area contributed by atoms with Crippen LogP contribution in [0.1, 0.15) is 91.3 Å². The first kappa shape index (κ1) is 34.6. The number of hydrogen-bond donors (Lipinski definition) is 2. The number of carbonyl (C=O) groups excluding carboxylic acids is 1. The molecule has 6 nitrogen and oxygen atoms in total. The van der Waals surface area contributed by atoms with E-state index in [1.54, 1.807) is 12.1 Å². The Morgan fingerprint density at radius 2 is 0.913 bits per heavy atom. The van der Waals surface area contributed by atoms with Crippen LogP contribution in [0.2, 0.25) is 0 Å². The van der Waals surface area contributed by atoms with E-state index in [1.807, 2.05) is 91.0 Å². The Labute approximate surface area is 275 Å². The summed E-state index contributed by atoms with van der Waals surface area (Å²) >= 11 is 0. The minimum Gasteiger partial charge on any atom is -0.485 e. The van der Waals surface area contributed by atoms with Gasteiger partial charge in [-0.15, -0.1) is 0 Å². The standard InChI is InChI=1S/C40H50N2O4/c41-26-18-7-5-3-1-2-4-6-8-19-27-42-40(43)36-28-37(44-30-33-20-12-9-13-21-33)39(46-32-35-24-16-11-17-25-35)38(29-36)45-31-34-22-14-10-15-23-34/h9-17,20-25,28-29H,1-8,18-19,26-27,30-32,41H2,(H,42,43). The molecular formula is C40H50N2O4. The summed E-state index contributed by atoms with van der Waals surface area (Å²) in [7, 11) is 0. The smallest absolute Gasteiger partial charge is 0.251 e. The fraction of sp³-hybridized carbons (Fsp3) is 0.375. The molecule has 0 aromatic heterocycles. The topological polar surface area (TPSA) is 82.8 Å². The Kier molecular flexibility index (Phi) is 15.5. The number of amides is 1. The van der Waals surface area contributed by atoms with Crippen molar-refractivity contribution in [2.45, 2.75) is 84.0 Å². The van der Waals surface area contributed by atoms with Gasteiger partial charge in [0.1, 0.15) is 19.8 Å². The zero-order valence-electron chi connectivity index (χ0n) is 27.1. The van der Waals surface area contributed by atoms with Gasteiger partial charge in [-0.3, -0.25) is 4.79 Å². The Morgan fingerprint density at radius 3 is 1.35 bits per heavy atom. The van der Waals surface area contributed by atoms with Crippen LogP contribution in [-0.4, -0.2) is 19.0 Å². The average molecular weight is 623 g/mol.